The number of benzene rings is 1. The fourth-order valence-electron chi connectivity index (χ4n) is 2.36. The first kappa shape index (κ1) is 17.9. The van der Waals surface area contributed by atoms with Gasteiger partial charge in [0.1, 0.15) is 17.3 Å². The number of non-ortho nitro benzene ring substituents is 1. The first-order chi connectivity index (χ1) is 13.0. The number of aromatic nitrogens is 3. The van der Waals surface area contributed by atoms with E-state index in [9.17, 15) is 10.1 Å². The minimum absolute atomic E-state index is 0.0619. The fraction of sp³-hybridized carbons (Fsp3) is 0.188. The summed E-state index contributed by atoms with van der Waals surface area (Å²) in [6.07, 6.45) is 2.06. The van der Waals surface area contributed by atoms with Crippen LogP contribution in [0.1, 0.15) is 18.5 Å². The summed E-state index contributed by atoms with van der Waals surface area (Å²) in [7, 11) is 1.48. The van der Waals surface area contributed by atoms with Gasteiger partial charge in [-0.2, -0.15) is 5.10 Å². The zero-order valence-corrected chi connectivity index (χ0v) is 14.6. The lowest BCUT2D eigenvalue weighted by Crippen LogP contribution is -2.14. The van der Waals surface area contributed by atoms with Crippen LogP contribution >= 0.6 is 0 Å². The summed E-state index contributed by atoms with van der Waals surface area (Å²) in [6, 6.07) is 7.61. The summed E-state index contributed by atoms with van der Waals surface area (Å²) >= 11 is 0. The molecule has 0 unspecified atom stereocenters. The Hall–Kier alpha value is -3.89. The van der Waals surface area contributed by atoms with Crippen LogP contribution in [0.5, 0.6) is 5.75 Å². The molecule has 0 spiro atoms. The predicted molar refractivity (Wildman–Crippen MR) is 98.1 cm³/mol. The minimum atomic E-state index is -0.480. The van der Waals surface area contributed by atoms with Crippen molar-refractivity contribution in [2.45, 2.75) is 13.3 Å². The number of nitrogens with two attached hydrogens (primary N) is 1. The van der Waals surface area contributed by atoms with E-state index < -0.39 is 4.92 Å². The molecule has 3 aromatic rings. The van der Waals surface area contributed by atoms with E-state index in [2.05, 4.69) is 20.7 Å². The van der Waals surface area contributed by atoms with Crippen molar-refractivity contribution in [1.29, 1.82) is 0 Å². The molecule has 0 radical (unpaired) electrons. The Morgan fingerprint density at radius 2 is 2.22 bits per heavy atom. The molecule has 1 aromatic carbocycles. The molecule has 2 aromatic heterocycles. The molecule has 0 amide bonds. The number of hydrogen-bond donors (Lipinski definition) is 2. The average Bonchev–Trinajstić information content (AvgIpc) is 3.28. The maximum absolute atomic E-state index is 11.0. The number of hydrogen-bond acceptors (Lipinski definition) is 9. The largest absolute Gasteiger partial charge is 0.496 e. The number of nitrogens with zero attached hydrogens (tertiary/aromatic N) is 5. The second kappa shape index (κ2) is 7.56. The maximum atomic E-state index is 11.0. The zero-order valence-electron chi connectivity index (χ0n) is 14.6. The van der Waals surface area contributed by atoms with Gasteiger partial charge in [0.25, 0.3) is 11.6 Å². The molecule has 0 aliphatic rings. The van der Waals surface area contributed by atoms with Crippen LogP contribution in [0.2, 0.25) is 0 Å². The van der Waals surface area contributed by atoms with Gasteiger partial charge in [0.15, 0.2) is 5.82 Å². The molecule has 3 rings (SSSR count). The number of hydrazone groups is 1. The lowest BCUT2D eigenvalue weighted by molar-refractivity contribution is -0.384. The van der Waals surface area contributed by atoms with Crippen LogP contribution in [-0.4, -0.2) is 33.1 Å². The Labute approximate surface area is 153 Å². The van der Waals surface area contributed by atoms with Crippen molar-refractivity contribution in [2.24, 2.45) is 5.10 Å². The quantitative estimate of drug-likeness (QED) is 0.278. The van der Waals surface area contributed by atoms with Crippen molar-refractivity contribution in [3.05, 3.63) is 52.0 Å². The molecule has 0 aliphatic carbocycles. The summed E-state index contributed by atoms with van der Waals surface area (Å²) in [5.74, 6) is 8.00. The monoisotopic (exact) mass is 371 g/mol. The van der Waals surface area contributed by atoms with Crippen molar-refractivity contribution >= 4 is 17.9 Å². The van der Waals surface area contributed by atoms with E-state index >= 15 is 0 Å². The molecule has 0 fully saturated rings. The van der Waals surface area contributed by atoms with Gasteiger partial charge < -0.3 is 15.0 Å². The third-order valence-electron chi connectivity index (χ3n) is 3.73. The normalized spacial score (nSPS) is 11.0. The van der Waals surface area contributed by atoms with Crippen LogP contribution in [0, 0.1) is 10.1 Å². The Bertz CT molecular complexity index is 993. The molecular formula is C16H17N7O4. The zero-order chi connectivity index (χ0) is 19.4. The van der Waals surface area contributed by atoms with Crippen molar-refractivity contribution < 1.29 is 14.1 Å². The third-order valence-corrected chi connectivity index (χ3v) is 3.73. The first-order valence-corrected chi connectivity index (χ1v) is 7.94. The molecule has 0 atom stereocenters. The number of rotatable bonds is 7. The molecular weight excluding hydrogens is 354 g/mol. The molecule has 0 aliphatic heterocycles. The summed E-state index contributed by atoms with van der Waals surface area (Å²) in [5, 5.41) is 22.8. The number of nitro groups is 1. The van der Waals surface area contributed by atoms with Gasteiger partial charge in [-0.15, -0.1) is 10.2 Å². The number of methoxy groups -OCH3 is 1. The predicted octanol–water partition coefficient (Wildman–Crippen LogP) is 2.18. The topological polar surface area (TPSA) is 147 Å². The number of aryl methyl sites for hydroxylation is 1. The number of nitro benzene ring substituents is 1. The summed E-state index contributed by atoms with van der Waals surface area (Å²) < 4.78 is 12.2. The van der Waals surface area contributed by atoms with Gasteiger partial charge in [-0.05, 0) is 18.2 Å². The van der Waals surface area contributed by atoms with Gasteiger partial charge in [-0.1, -0.05) is 6.92 Å². The van der Waals surface area contributed by atoms with E-state index in [1.54, 1.807) is 12.1 Å². The van der Waals surface area contributed by atoms with E-state index in [-0.39, 0.29) is 11.6 Å². The lowest BCUT2D eigenvalue weighted by Gasteiger charge is -2.05. The van der Waals surface area contributed by atoms with Crippen LogP contribution in [-0.2, 0) is 6.42 Å². The van der Waals surface area contributed by atoms with Gasteiger partial charge in [-0.3, -0.25) is 10.1 Å². The Morgan fingerprint density at radius 1 is 1.41 bits per heavy atom. The number of nitrogen functional groups attached to an aromatic ring is 1. The SMILES string of the molecule is CCc1nnc(N/N=C\c2ccc(-c3cc([N+](=O)[O-])ccc3OC)o2)n1N. The smallest absolute Gasteiger partial charge is 0.270 e. The molecule has 140 valence electrons. The van der Waals surface area contributed by atoms with Gasteiger partial charge in [0.05, 0.1) is 23.8 Å². The number of furan rings is 1. The highest BCUT2D eigenvalue weighted by Crippen LogP contribution is 2.34. The highest BCUT2D eigenvalue weighted by Gasteiger charge is 2.15. The van der Waals surface area contributed by atoms with E-state index in [0.717, 1.165) is 0 Å². The number of nitrogens with one attached hydrogen (secondary N) is 1. The second-order valence-electron chi connectivity index (χ2n) is 5.38. The number of anilines is 1. The van der Waals surface area contributed by atoms with Crippen molar-refractivity contribution in [3.63, 3.8) is 0 Å². The fourth-order valence-corrected chi connectivity index (χ4v) is 2.36. The van der Waals surface area contributed by atoms with Crippen molar-refractivity contribution in [2.75, 3.05) is 18.4 Å². The van der Waals surface area contributed by atoms with Crippen LogP contribution < -0.4 is 16.0 Å². The molecule has 0 saturated carbocycles. The highest BCUT2D eigenvalue weighted by molar-refractivity contribution is 5.79. The van der Waals surface area contributed by atoms with Gasteiger partial charge in [0, 0.05) is 18.6 Å². The van der Waals surface area contributed by atoms with Crippen LogP contribution in [0.3, 0.4) is 0 Å². The van der Waals surface area contributed by atoms with Gasteiger partial charge >= 0.3 is 0 Å². The van der Waals surface area contributed by atoms with E-state index in [0.29, 0.717) is 35.1 Å². The van der Waals surface area contributed by atoms with Crippen molar-refractivity contribution in [3.8, 4) is 17.1 Å². The van der Waals surface area contributed by atoms with E-state index in [1.165, 1.54) is 36.2 Å². The van der Waals surface area contributed by atoms with Crippen LogP contribution in [0.4, 0.5) is 11.6 Å². The van der Waals surface area contributed by atoms with Crippen molar-refractivity contribution in [1.82, 2.24) is 14.9 Å². The molecule has 11 nitrogen and oxygen atoms in total. The first-order valence-electron chi connectivity index (χ1n) is 7.94. The van der Waals surface area contributed by atoms with E-state index in [1.807, 2.05) is 6.92 Å². The van der Waals surface area contributed by atoms with Gasteiger partial charge in [-0.25, -0.2) is 10.1 Å². The molecule has 0 bridgehead atoms. The molecule has 0 saturated heterocycles. The average molecular weight is 371 g/mol. The van der Waals surface area contributed by atoms with Gasteiger partial charge in [0.2, 0.25) is 0 Å². The van der Waals surface area contributed by atoms with E-state index in [4.69, 9.17) is 15.0 Å². The molecule has 11 heteroatoms. The highest BCUT2D eigenvalue weighted by atomic mass is 16.6. The third kappa shape index (κ3) is 3.71. The number of ether oxygens (including phenoxy) is 1. The van der Waals surface area contributed by atoms with Crippen LogP contribution in [0.15, 0.2) is 39.9 Å². The Kier molecular flexibility index (Phi) is 5.01. The lowest BCUT2D eigenvalue weighted by atomic mass is 10.1. The standard InChI is InChI=1S/C16H17N7O4/c1-3-15-19-21-16(22(15)17)20-18-9-11-5-7-14(27-11)12-8-10(23(24)25)4-6-13(12)26-2/h4-9H,3,17H2,1-2H3,(H,20,21)/b18-9-. The second-order valence-corrected chi connectivity index (χ2v) is 5.38. The summed E-state index contributed by atoms with van der Waals surface area (Å²) in [6.45, 7) is 1.91. The minimum Gasteiger partial charge on any atom is -0.496 e. The Balaban J connectivity index is 1.79. The summed E-state index contributed by atoms with van der Waals surface area (Å²) in [4.78, 5) is 10.5. The van der Waals surface area contributed by atoms with Crippen LogP contribution in [0.25, 0.3) is 11.3 Å². The summed E-state index contributed by atoms with van der Waals surface area (Å²) in [5.41, 5.74) is 3.08. The Morgan fingerprint density at radius 3 is 2.89 bits per heavy atom. The molecule has 27 heavy (non-hydrogen) atoms. The molecule has 3 N–H and O–H groups in total. The maximum Gasteiger partial charge on any atom is 0.270 e. The molecule has 2 heterocycles.